The molecule has 2 atom stereocenters. The molecule has 122 valence electrons. The first kappa shape index (κ1) is 16.0. The molecule has 0 N–H and O–H groups in total. The summed E-state index contributed by atoms with van der Waals surface area (Å²) in [6.45, 7) is 10.8. The van der Waals surface area contributed by atoms with E-state index in [4.69, 9.17) is 9.47 Å². The van der Waals surface area contributed by atoms with Crippen LogP contribution >= 0.6 is 0 Å². The minimum absolute atomic E-state index is 0.208. The number of hydrogen-bond acceptors (Lipinski definition) is 2. The van der Waals surface area contributed by atoms with Crippen LogP contribution in [0.2, 0.25) is 0 Å². The second-order valence-corrected chi connectivity index (χ2v) is 7.99. The zero-order valence-corrected chi connectivity index (χ0v) is 14.5. The van der Waals surface area contributed by atoms with Crippen LogP contribution in [0.4, 0.5) is 0 Å². The van der Waals surface area contributed by atoms with E-state index in [9.17, 15) is 0 Å². The molecule has 1 unspecified atom stereocenters. The van der Waals surface area contributed by atoms with E-state index in [0.717, 1.165) is 24.7 Å². The maximum absolute atomic E-state index is 6.35. The van der Waals surface area contributed by atoms with Crippen LogP contribution in [0.15, 0.2) is 30.3 Å². The van der Waals surface area contributed by atoms with Gasteiger partial charge in [0.1, 0.15) is 0 Å². The molecule has 1 aliphatic carbocycles. The van der Waals surface area contributed by atoms with Gasteiger partial charge in [0.2, 0.25) is 0 Å². The van der Waals surface area contributed by atoms with Gasteiger partial charge in [-0.2, -0.15) is 0 Å². The lowest BCUT2D eigenvalue weighted by Crippen LogP contribution is -2.53. The van der Waals surface area contributed by atoms with Crippen molar-refractivity contribution in [2.75, 3.05) is 13.2 Å². The van der Waals surface area contributed by atoms with Crippen molar-refractivity contribution < 1.29 is 9.47 Å². The third-order valence-corrected chi connectivity index (χ3v) is 5.89. The lowest BCUT2D eigenvalue weighted by atomic mass is 9.60. The predicted molar refractivity (Wildman–Crippen MR) is 89.5 cm³/mol. The third kappa shape index (κ3) is 2.83. The summed E-state index contributed by atoms with van der Waals surface area (Å²) < 4.78 is 12.7. The summed E-state index contributed by atoms with van der Waals surface area (Å²) in [5.74, 6) is 1.60. The van der Waals surface area contributed by atoms with Gasteiger partial charge in [-0.1, -0.05) is 57.5 Å². The van der Waals surface area contributed by atoms with Crippen LogP contribution in [0.5, 0.6) is 0 Å². The van der Waals surface area contributed by atoms with Gasteiger partial charge in [-0.05, 0) is 37.5 Å². The Bertz CT molecular complexity index is 486. The van der Waals surface area contributed by atoms with E-state index in [1.165, 1.54) is 19.3 Å². The average Bonchev–Trinajstić information content (AvgIpc) is 2.51. The van der Waals surface area contributed by atoms with Crippen LogP contribution in [0, 0.1) is 23.2 Å². The summed E-state index contributed by atoms with van der Waals surface area (Å²) in [4.78, 5) is 0. The molecular formula is C20H30O2. The number of hydrogen-bond donors (Lipinski definition) is 0. The molecule has 1 spiro atoms. The van der Waals surface area contributed by atoms with Crippen molar-refractivity contribution in [2.24, 2.45) is 23.2 Å². The highest BCUT2D eigenvalue weighted by molar-refractivity contribution is 5.20. The van der Waals surface area contributed by atoms with Crippen molar-refractivity contribution in [1.82, 2.24) is 0 Å². The van der Waals surface area contributed by atoms with Gasteiger partial charge < -0.3 is 9.47 Å². The van der Waals surface area contributed by atoms with Crippen molar-refractivity contribution in [3.8, 4) is 0 Å². The quantitative estimate of drug-likeness (QED) is 0.766. The first-order chi connectivity index (χ1) is 10.5. The molecule has 22 heavy (non-hydrogen) atoms. The molecule has 1 saturated carbocycles. The fourth-order valence-corrected chi connectivity index (χ4v) is 4.64. The van der Waals surface area contributed by atoms with Gasteiger partial charge in [-0.3, -0.25) is 0 Å². The van der Waals surface area contributed by atoms with Gasteiger partial charge in [0.25, 0.3) is 0 Å². The Morgan fingerprint density at radius 1 is 1.05 bits per heavy atom. The molecule has 0 radical (unpaired) electrons. The largest absolute Gasteiger partial charge is 0.345 e. The fraction of sp³-hybridized carbons (Fsp3) is 0.700. The molecule has 1 aromatic carbocycles. The molecule has 1 saturated heterocycles. The Labute approximate surface area is 135 Å². The molecule has 3 rings (SSSR count). The minimum atomic E-state index is -0.589. The van der Waals surface area contributed by atoms with Gasteiger partial charge in [-0.15, -0.1) is 0 Å². The maximum atomic E-state index is 6.35. The number of rotatable bonds is 2. The van der Waals surface area contributed by atoms with E-state index in [-0.39, 0.29) is 5.41 Å². The smallest absolute Gasteiger partial charge is 0.191 e. The van der Waals surface area contributed by atoms with Crippen LogP contribution in [0.3, 0.4) is 0 Å². The molecule has 0 aromatic heterocycles. The Kier molecular flexibility index (Phi) is 4.35. The molecule has 2 heteroatoms. The molecule has 1 aliphatic heterocycles. The van der Waals surface area contributed by atoms with E-state index in [1.807, 2.05) is 6.07 Å². The topological polar surface area (TPSA) is 18.5 Å². The van der Waals surface area contributed by atoms with Crippen LogP contribution in [-0.4, -0.2) is 13.2 Å². The van der Waals surface area contributed by atoms with Gasteiger partial charge in [0.05, 0.1) is 13.2 Å². The summed E-state index contributed by atoms with van der Waals surface area (Å²) in [6, 6.07) is 10.3. The minimum Gasteiger partial charge on any atom is -0.345 e. The molecule has 1 aromatic rings. The molecule has 2 nitrogen and oxygen atoms in total. The average molecular weight is 302 g/mol. The first-order valence-electron chi connectivity index (χ1n) is 8.79. The van der Waals surface area contributed by atoms with Crippen molar-refractivity contribution in [3.05, 3.63) is 35.9 Å². The van der Waals surface area contributed by atoms with Crippen molar-refractivity contribution in [1.29, 1.82) is 0 Å². The van der Waals surface area contributed by atoms with E-state index >= 15 is 0 Å². The molecule has 2 fully saturated rings. The first-order valence-corrected chi connectivity index (χ1v) is 8.79. The van der Waals surface area contributed by atoms with Crippen LogP contribution in [-0.2, 0) is 15.3 Å². The van der Waals surface area contributed by atoms with Crippen LogP contribution in [0.25, 0.3) is 0 Å². The zero-order valence-electron chi connectivity index (χ0n) is 14.5. The number of benzene rings is 1. The second kappa shape index (κ2) is 5.98. The highest BCUT2D eigenvalue weighted by Crippen LogP contribution is 2.51. The normalized spacial score (nSPS) is 39.3. The van der Waals surface area contributed by atoms with Gasteiger partial charge >= 0.3 is 0 Å². The summed E-state index contributed by atoms with van der Waals surface area (Å²) in [6.07, 6.45) is 3.90. The molecule has 1 heterocycles. The van der Waals surface area contributed by atoms with Crippen LogP contribution < -0.4 is 0 Å². The summed E-state index contributed by atoms with van der Waals surface area (Å²) in [7, 11) is 0. The second-order valence-electron chi connectivity index (χ2n) is 7.99. The zero-order chi connectivity index (χ0) is 15.8. The lowest BCUT2D eigenvalue weighted by molar-refractivity contribution is -0.320. The van der Waals surface area contributed by atoms with Crippen LogP contribution in [0.1, 0.15) is 52.5 Å². The van der Waals surface area contributed by atoms with E-state index < -0.39 is 5.79 Å². The summed E-state index contributed by atoms with van der Waals surface area (Å²) in [5, 5.41) is 0. The maximum Gasteiger partial charge on any atom is 0.191 e. The van der Waals surface area contributed by atoms with E-state index in [0.29, 0.717) is 11.8 Å². The van der Waals surface area contributed by atoms with Gasteiger partial charge in [0, 0.05) is 11.0 Å². The van der Waals surface area contributed by atoms with Crippen molar-refractivity contribution in [3.63, 3.8) is 0 Å². The van der Waals surface area contributed by atoms with Crippen molar-refractivity contribution >= 4 is 0 Å². The Morgan fingerprint density at radius 3 is 2.27 bits per heavy atom. The SMILES string of the molecule is CC(C)C1CC[C@@H](C)CC12COC(C)(c1ccccc1)OC2. The van der Waals surface area contributed by atoms with Crippen molar-refractivity contribution in [2.45, 2.75) is 52.7 Å². The molecule has 0 amide bonds. The highest BCUT2D eigenvalue weighted by atomic mass is 16.7. The molecule has 2 aliphatic rings. The summed E-state index contributed by atoms with van der Waals surface area (Å²) >= 11 is 0. The third-order valence-electron chi connectivity index (χ3n) is 5.89. The lowest BCUT2D eigenvalue weighted by Gasteiger charge is -2.53. The Balaban J connectivity index is 1.79. The molecular weight excluding hydrogens is 272 g/mol. The molecule has 0 bridgehead atoms. The summed E-state index contributed by atoms with van der Waals surface area (Å²) in [5.41, 5.74) is 1.33. The number of ether oxygens (including phenoxy) is 2. The predicted octanol–water partition coefficient (Wildman–Crippen LogP) is 4.98. The monoisotopic (exact) mass is 302 g/mol. The fourth-order valence-electron chi connectivity index (χ4n) is 4.64. The van der Waals surface area contributed by atoms with Gasteiger partial charge in [-0.25, -0.2) is 0 Å². The highest BCUT2D eigenvalue weighted by Gasteiger charge is 2.50. The van der Waals surface area contributed by atoms with E-state index in [2.05, 4.69) is 52.0 Å². The van der Waals surface area contributed by atoms with Gasteiger partial charge in [0.15, 0.2) is 5.79 Å². The standard InChI is InChI=1S/C20H30O2/c1-15(2)18-11-10-16(3)12-20(18)13-21-19(4,22-14-20)17-8-6-5-7-9-17/h5-9,15-16,18H,10-14H2,1-4H3/t16-,18?,19?,20?/m1/s1. The van der Waals surface area contributed by atoms with E-state index in [1.54, 1.807) is 0 Å². The Morgan fingerprint density at radius 2 is 1.68 bits per heavy atom. The Hall–Kier alpha value is -0.860.